The van der Waals surface area contributed by atoms with Crippen LogP contribution in [0.4, 0.5) is 22.0 Å². The summed E-state index contributed by atoms with van der Waals surface area (Å²) in [6.07, 6.45) is -5.55. The van der Waals surface area contributed by atoms with Crippen LogP contribution in [0.1, 0.15) is 13.8 Å². The van der Waals surface area contributed by atoms with Crippen LogP contribution in [0.15, 0.2) is 12.2 Å². The molecule has 0 rings (SSSR count). The molecule has 1 unspecified atom stereocenters. The van der Waals surface area contributed by atoms with Crippen LogP contribution in [-0.4, -0.2) is 35.4 Å². The summed E-state index contributed by atoms with van der Waals surface area (Å²) in [7, 11) is 0. The maximum atomic E-state index is 13.0. The molecule has 0 saturated heterocycles. The molecule has 0 aromatic heterocycles. The fourth-order valence-corrected chi connectivity index (χ4v) is 0.627. The first kappa shape index (κ1) is 15.8. The maximum Gasteiger partial charge on any atom is 0.423 e. The number of alkyl halides is 5. The molecule has 0 aliphatic heterocycles. The van der Waals surface area contributed by atoms with Crippen molar-refractivity contribution in [2.45, 2.75) is 31.5 Å². The van der Waals surface area contributed by atoms with Gasteiger partial charge in [-0.1, -0.05) is 6.58 Å². The Labute approximate surface area is 93.9 Å². The molecule has 0 aliphatic carbocycles. The Kier molecular flexibility index (Phi) is 4.28. The minimum atomic E-state index is -5.55. The predicted molar refractivity (Wildman–Crippen MR) is 47.4 cm³/mol. The van der Waals surface area contributed by atoms with Crippen LogP contribution < -0.4 is 0 Å². The Balaban J connectivity index is 4.80. The molecule has 17 heavy (non-hydrogen) atoms. The molecule has 8 heteroatoms. The summed E-state index contributed by atoms with van der Waals surface area (Å²) in [5.74, 6) is -5.92. The predicted octanol–water partition coefficient (Wildman–Crippen LogP) is 2.05. The summed E-state index contributed by atoms with van der Waals surface area (Å²) in [6, 6.07) is 0. The molecule has 0 saturated carbocycles. The highest BCUT2D eigenvalue weighted by Crippen LogP contribution is 2.41. The minimum Gasteiger partial charge on any atom is -0.456 e. The third-order valence-corrected chi connectivity index (χ3v) is 2.00. The van der Waals surface area contributed by atoms with E-state index >= 15 is 0 Å². The van der Waals surface area contributed by atoms with Crippen LogP contribution in [0.3, 0.4) is 0 Å². The van der Waals surface area contributed by atoms with Crippen molar-refractivity contribution >= 4 is 5.97 Å². The van der Waals surface area contributed by atoms with E-state index in [1.54, 1.807) is 0 Å². The van der Waals surface area contributed by atoms with Crippen molar-refractivity contribution in [2.75, 3.05) is 6.61 Å². The number of esters is 1. The van der Waals surface area contributed by atoms with E-state index in [4.69, 9.17) is 5.11 Å². The number of hydrogen-bond acceptors (Lipinski definition) is 3. The number of aliphatic hydroxyl groups is 1. The molecule has 3 nitrogen and oxygen atoms in total. The number of carbonyl (C=O) groups is 1. The molecule has 0 bridgehead atoms. The van der Waals surface area contributed by atoms with E-state index in [1.807, 2.05) is 0 Å². The van der Waals surface area contributed by atoms with Gasteiger partial charge in [-0.15, -0.1) is 0 Å². The van der Waals surface area contributed by atoms with E-state index in [9.17, 15) is 26.7 Å². The average molecular weight is 262 g/mol. The highest BCUT2D eigenvalue weighted by atomic mass is 19.4. The highest BCUT2D eigenvalue weighted by Gasteiger charge is 2.66. The van der Waals surface area contributed by atoms with Gasteiger partial charge in [0.25, 0.3) is 0 Å². The minimum absolute atomic E-state index is 0.0956. The molecule has 0 aromatic rings. The normalized spacial score (nSPS) is 16.2. The lowest BCUT2D eigenvalue weighted by Crippen LogP contribution is -2.58. The van der Waals surface area contributed by atoms with Gasteiger partial charge in [0, 0.05) is 5.57 Å². The Bertz CT molecular complexity index is 319. The van der Waals surface area contributed by atoms with Gasteiger partial charge < -0.3 is 9.84 Å². The van der Waals surface area contributed by atoms with Crippen molar-refractivity contribution in [1.29, 1.82) is 0 Å². The Hall–Kier alpha value is -1.18. The average Bonchev–Trinajstić information content (AvgIpc) is 2.11. The standard InChI is InChI=1S/C9H11F5O3/c1-5(2)6(15)17-4-8(10,11)7(3,16)9(12,13)14/h16H,1,4H2,2-3H3. The Morgan fingerprint density at radius 1 is 1.29 bits per heavy atom. The van der Waals surface area contributed by atoms with Gasteiger partial charge in [-0.3, -0.25) is 0 Å². The maximum absolute atomic E-state index is 13.0. The van der Waals surface area contributed by atoms with Crippen molar-refractivity contribution in [3.8, 4) is 0 Å². The molecule has 0 amide bonds. The molecule has 0 fully saturated rings. The lowest BCUT2D eigenvalue weighted by atomic mass is 9.98. The monoisotopic (exact) mass is 262 g/mol. The molecular weight excluding hydrogens is 251 g/mol. The quantitative estimate of drug-likeness (QED) is 0.479. The third-order valence-electron chi connectivity index (χ3n) is 2.00. The topological polar surface area (TPSA) is 46.5 Å². The lowest BCUT2D eigenvalue weighted by molar-refractivity contribution is -0.330. The van der Waals surface area contributed by atoms with Gasteiger partial charge in [-0.05, 0) is 13.8 Å². The van der Waals surface area contributed by atoms with Crippen LogP contribution in [0.2, 0.25) is 0 Å². The summed E-state index contributed by atoms with van der Waals surface area (Å²) in [6.45, 7) is 2.22. The van der Waals surface area contributed by atoms with Crippen LogP contribution >= 0.6 is 0 Å². The second-order valence-electron chi connectivity index (χ2n) is 3.63. The van der Waals surface area contributed by atoms with E-state index in [1.165, 1.54) is 0 Å². The molecular formula is C9H11F5O3. The van der Waals surface area contributed by atoms with Crippen LogP contribution in [0.5, 0.6) is 0 Å². The number of ether oxygens (including phenoxy) is 1. The first-order valence-electron chi connectivity index (χ1n) is 4.32. The molecule has 1 atom stereocenters. The fraction of sp³-hybridized carbons (Fsp3) is 0.667. The number of halogens is 5. The smallest absolute Gasteiger partial charge is 0.423 e. The zero-order valence-corrected chi connectivity index (χ0v) is 9.07. The van der Waals surface area contributed by atoms with Crippen molar-refractivity contribution in [3.63, 3.8) is 0 Å². The van der Waals surface area contributed by atoms with Crippen molar-refractivity contribution < 1.29 is 36.6 Å². The first-order valence-corrected chi connectivity index (χ1v) is 4.32. The van der Waals surface area contributed by atoms with E-state index in [0.29, 0.717) is 0 Å². The number of rotatable bonds is 4. The number of carbonyl (C=O) groups excluding carboxylic acids is 1. The van der Waals surface area contributed by atoms with Crippen LogP contribution in [0, 0.1) is 0 Å². The molecule has 0 radical (unpaired) electrons. The second-order valence-corrected chi connectivity index (χ2v) is 3.63. The third kappa shape index (κ3) is 3.39. The van der Waals surface area contributed by atoms with Crippen LogP contribution in [-0.2, 0) is 9.53 Å². The van der Waals surface area contributed by atoms with Gasteiger partial charge in [-0.2, -0.15) is 22.0 Å². The largest absolute Gasteiger partial charge is 0.456 e. The van der Waals surface area contributed by atoms with Crippen LogP contribution in [0.25, 0.3) is 0 Å². The van der Waals surface area contributed by atoms with E-state index in [0.717, 1.165) is 6.92 Å². The second kappa shape index (κ2) is 4.59. The van der Waals surface area contributed by atoms with Gasteiger partial charge in [0.1, 0.15) is 0 Å². The summed E-state index contributed by atoms with van der Waals surface area (Å²) in [4.78, 5) is 10.7. The summed E-state index contributed by atoms with van der Waals surface area (Å²) >= 11 is 0. The summed E-state index contributed by atoms with van der Waals surface area (Å²) in [5, 5.41) is 8.74. The summed E-state index contributed by atoms with van der Waals surface area (Å²) in [5.41, 5.74) is -4.53. The number of hydrogen-bond donors (Lipinski definition) is 1. The molecule has 0 aliphatic rings. The van der Waals surface area contributed by atoms with Crippen molar-refractivity contribution in [3.05, 3.63) is 12.2 Å². The van der Waals surface area contributed by atoms with Gasteiger partial charge >= 0.3 is 18.1 Å². The van der Waals surface area contributed by atoms with Gasteiger partial charge in [-0.25, -0.2) is 4.79 Å². The Morgan fingerprint density at radius 3 is 2.00 bits per heavy atom. The van der Waals surface area contributed by atoms with Gasteiger partial charge in [0.05, 0.1) is 0 Å². The molecule has 0 spiro atoms. The van der Waals surface area contributed by atoms with E-state index < -0.39 is 30.3 Å². The zero-order valence-electron chi connectivity index (χ0n) is 9.07. The van der Waals surface area contributed by atoms with Crippen molar-refractivity contribution in [1.82, 2.24) is 0 Å². The van der Waals surface area contributed by atoms with E-state index in [2.05, 4.69) is 11.3 Å². The molecule has 100 valence electrons. The zero-order chi connectivity index (χ0) is 14.1. The first-order chi connectivity index (χ1) is 7.33. The molecule has 0 aromatic carbocycles. The van der Waals surface area contributed by atoms with Gasteiger partial charge in [0.15, 0.2) is 6.61 Å². The SMILES string of the molecule is C=C(C)C(=O)OCC(F)(F)C(C)(O)C(F)(F)F. The lowest BCUT2D eigenvalue weighted by Gasteiger charge is -2.33. The molecule has 0 heterocycles. The summed E-state index contributed by atoms with van der Waals surface area (Å²) < 4.78 is 66.4. The van der Waals surface area contributed by atoms with E-state index in [-0.39, 0.29) is 12.5 Å². The Morgan fingerprint density at radius 2 is 1.71 bits per heavy atom. The fourth-order valence-electron chi connectivity index (χ4n) is 0.627. The van der Waals surface area contributed by atoms with Crippen molar-refractivity contribution in [2.24, 2.45) is 0 Å². The molecule has 1 N–H and O–H groups in total. The van der Waals surface area contributed by atoms with Gasteiger partial charge in [0.2, 0.25) is 5.60 Å². The highest BCUT2D eigenvalue weighted by molar-refractivity contribution is 5.86.